The topological polar surface area (TPSA) is 84.3 Å². The lowest BCUT2D eigenvalue weighted by Crippen LogP contribution is -2.45. The predicted molar refractivity (Wildman–Crippen MR) is 104 cm³/mol. The van der Waals surface area contributed by atoms with Gasteiger partial charge in [0.2, 0.25) is 0 Å². The van der Waals surface area contributed by atoms with Gasteiger partial charge in [0.1, 0.15) is 0 Å². The molecule has 2 N–H and O–H groups in total. The molecule has 3 rings (SSSR count). The molecule has 1 atom stereocenters. The Labute approximate surface area is 162 Å². The number of nitro groups is 1. The molecule has 1 amide bonds. The van der Waals surface area contributed by atoms with Gasteiger partial charge in [-0.15, -0.1) is 12.4 Å². The molecule has 138 valence electrons. The van der Waals surface area contributed by atoms with Crippen LogP contribution in [-0.2, 0) is 0 Å². The van der Waals surface area contributed by atoms with E-state index >= 15 is 0 Å². The van der Waals surface area contributed by atoms with Gasteiger partial charge in [-0.1, -0.05) is 30.0 Å². The van der Waals surface area contributed by atoms with Gasteiger partial charge in [-0.2, -0.15) is 0 Å². The quantitative estimate of drug-likeness (QED) is 0.598. The summed E-state index contributed by atoms with van der Waals surface area (Å²) in [6.45, 7) is 1.68. The molecule has 1 aliphatic heterocycles. The van der Waals surface area contributed by atoms with E-state index in [0.717, 1.165) is 30.8 Å². The van der Waals surface area contributed by atoms with Crippen LogP contribution in [0.4, 0.5) is 5.69 Å². The fraction of sp³-hybridized carbons (Fsp3) is 0.278. The Hall–Kier alpha value is -2.09. The Kier molecular flexibility index (Phi) is 7.44. The Balaban J connectivity index is 0.00000243. The summed E-state index contributed by atoms with van der Waals surface area (Å²) in [5.41, 5.74) is 0.262. The number of benzene rings is 2. The molecule has 0 unspecified atom stereocenters. The zero-order chi connectivity index (χ0) is 17.6. The molecule has 0 aromatic heterocycles. The van der Waals surface area contributed by atoms with Crippen LogP contribution in [0.5, 0.6) is 0 Å². The summed E-state index contributed by atoms with van der Waals surface area (Å²) in [5, 5.41) is 17.3. The SMILES string of the molecule is Cl.O=C(N[C@H]1CCCNC1)c1cc([N+](=O)[O-])ccc1Sc1ccccc1. The molecule has 8 heteroatoms. The van der Waals surface area contributed by atoms with Gasteiger partial charge in [0.05, 0.1) is 10.5 Å². The highest BCUT2D eigenvalue weighted by atomic mass is 35.5. The van der Waals surface area contributed by atoms with E-state index < -0.39 is 4.92 Å². The lowest BCUT2D eigenvalue weighted by Gasteiger charge is -2.24. The number of hydrogen-bond donors (Lipinski definition) is 2. The van der Waals surface area contributed by atoms with Crippen molar-refractivity contribution in [3.8, 4) is 0 Å². The summed E-state index contributed by atoms with van der Waals surface area (Å²) in [7, 11) is 0. The molecule has 2 aromatic carbocycles. The number of carbonyl (C=O) groups excluding carboxylic acids is 1. The van der Waals surface area contributed by atoms with Gasteiger partial charge in [-0.3, -0.25) is 14.9 Å². The molecule has 0 saturated carbocycles. The first-order chi connectivity index (χ1) is 12.1. The van der Waals surface area contributed by atoms with Crippen LogP contribution < -0.4 is 10.6 Å². The smallest absolute Gasteiger partial charge is 0.270 e. The fourth-order valence-electron chi connectivity index (χ4n) is 2.75. The minimum atomic E-state index is -0.476. The lowest BCUT2D eigenvalue weighted by atomic mass is 10.1. The van der Waals surface area contributed by atoms with Gasteiger partial charge < -0.3 is 10.6 Å². The van der Waals surface area contributed by atoms with Crippen LogP contribution in [0.3, 0.4) is 0 Å². The third kappa shape index (κ3) is 5.20. The van der Waals surface area contributed by atoms with Crippen molar-refractivity contribution in [3.63, 3.8) is 0 Å². The third-order valence-corrected chi connectivity index (χ3v) is 5.11. The van der Waals surface area contributed by atoms with Gasteiger partial charge in [0, 0.05) is 34.5 Å². The highest BCUT2D eigenvalue weighted by Gasteiger charge is 2.21. The van der Waals surface area contributed by atoms with E-state index in [4.69, 9.17) is 0 Å². The first kappa shape index (κ1) is 20.2. The maximum atomic E-state index is 12.7. The summed E-state index contributed by atoms with van der Waals surface area (Å²) >= 11 is 1.43. The number of amides is 1. The van der Waals surface area contributed by atoms with Crippen LogP contribution in [-0.4, -0.2) is 30.0 Å². The maximum Gasteiger partial charge on any atom is 0.270 e. The standard InChI is InChI=1S/C18H19N3O3S.ClH/c22-18(20-13-5-4-10-19-12-13)16-11-14(21(23)24)8-9-17(16)25-15-6-2-1-3-7-15;/h1-3,6-9,11,13,19H,4-5,10,12H2,(H,20,22);1H/t13-;/m0./s1. The molecule has 0 radical (unpaired) electrons. The average Bonchev–Trinajstić information content (AvgIpc) is 2.63. The van der Waals surface area contributed by atoms with Crippen LogP contribution in [0.2, 0.25) is 0 Å². The van der Waals surface area contributed by atoms with Crippen molar-refractivity contribution in [2.45, 2.75) is 28.7 Å². The maximum absolute atomic E-state index is 12.7. The number of piperidine rings is 1. The Morgan fingerprint density at radius 2 is 2.00 bits per heavy atom. The van der Waals surface area contributed by atoms with Gasteiger partial charge in [-0.05, 0) is 37.6 Å². The van der Waals surface area contributed by atoms with Gasteiger partial charge >= 0.3 is 0 Å². The van der Waals surface area contributed by atoms with Crippen LogP contribution >= 0.6 is 24.2 Å². The van der Waals surface area contributed by atoms with Crippen molar-refractivity contribution in [2.24, 2.45) is 0 Å². The normalized spacial score (nSPS) is 16.4. The van der Waals surface area contributed by atoms with E-state index in [1.807, 2.05) is 30.3 Å². The second-order valence-corrected chi connectivity index (χ2v) is 6.98. The van der Waals surface area contributed by atoms with E-state index in [1.165, 1.54) is 23.9 Å². The Morgan fingerprint density at radius 3 is 2.65 bits per heavy atom. The number of nitrogens with one attached hydrogen (secondary N) is 2. The van der Waals surface area contributed by atoms with E-state index in [2.05, 4.69) is 10.6 Å². The minimum Gasteiger partial charge on any atom is -0.348 e. The minimum absolute atomic E-state index is 0. The molecule has 1 saturated heterocycles. The molecule has 0 bridgehead atoms. The van der Waals surface area contributed by atoms with Crippen LogP contribution in [0.15, 0.2) is 58.3 Å². The average molecular weight is 394 g/mol. The zero-order valence-electron chi connectivity index (χ0n) is 14.0. The summed E-state index contributed by atoms with van der Waals surface area (Å²) in [4.78, 5) is 25.0. The van der Waals surface area contributed by atoms with Crippen molar-refractivity contribution >= 4 is 35.8 Å². The van der Waals surface area contributed by atoms with Crippen molar-refractivity contribution in [3.05, 3.63) is 64.2 Å². The van der Waals surface area contributed by atoms with E-state index in [-0.39, 0.29) is 30.0 Å². The van der Waals surface area contributed by atoms with E-state index in [0.29, 0.717) is 10.5 Å². The first-order valence-corrected chi connectivity index (χ1v) is 8.98. The lowest BCUT2D eigenvalue weighted by molar-refractivity contribution is -0.384. The molecule has 2 aromatic rings. The highest BCUT2D eigenvalue weighted by Crippen LogP contribution is 2.32. The molecule has 1 aliphatic rings. The van der Waals surface area contributed by atoms with E-state index in [1.54, 1.807) is 6.07 Å². The molecule has 6 nitrogen and oxygen atoms in total. The zero-order valence-corrected chi connectivity index (χ0v) is 15.6. The third-order valence-electron chi connectivity index (χ3n) is 4.02. The number of hydrogen-bond acceptors (Lipinski definition) is 5. The molecular formula is C18H20ClN3O3S. The van der Waals surface area contributed by atoms with Gasteiger partial charge in [-0.25, -0.2) is 0 Å². The highest BCUT2D eigenvalue weighted by molar-refractivity contribution is 7.99. The van der Waals surface area contributed by atoms with Gasteiger partial charge in [0.25, 0.3) is 11.6 Å². The molecule has 1 heterocycles. The van der Waals surface area contributed by atoms with Crippen LogP contribution in [0.1, 0.15) is 23.2 Å². The molecule has 1 fully saturated rings. The number of nitrogens with zero attached hydrogens (tertiary/aromatic N) is 1. The van der Waals surface area contributed by atoms with Gasteiger partial charge in [0.15, 0.2) is 0 Å². The van der Waals surface area contributed by atoms with Crippen molar-refractivity contribution in [1.29, 1.82) is 0 Å². The number of non-ortho nitro benzene ring substituents is 1. The van der Waals surface area contributed by atoms with Crippen LogP contribution in [0, 0.1) is 10.1 Å². The predicted octanol–water partition coefficient (Wildman–Crippen LogP) is 3.65. The summed E-state index contributed by atoms with van der Waals surface area (Å²) in [6.07, 6.45) is 1.92. The second-order valence-electron chi connectivity index (χ2n) is 5.87. The Bertz CT molecular complexity index is 768. The summed E-state index contributed by atoms with van der Waals surface area (Å²) in [5.74, 6) is -0.268. The Morgan fingerprint density at radius 1 is 1.23 bits per heavy atom. The second kappa shape index (κ2) is 9.56. The monoisotopic (exact) mass is 393 g/mol. The molecule has 0 spiro atoms. The summed E-state index contributed by atoms with van der Waals surface area (Å²) in [6, 6.07) is 14.1. The fourth-order valence-corrected chi connectivity index (χ4v) is 3.70. The van der Waals surface area contributed by atoms with E-state index in [9.17, 15) is 14.9 Å². The number of halogens is 1. The summed E-state index contributed by atoms with van der Waals surface area (Å²) < 4.78 is 0. The molecule has 26 heavy (non-hydrogen) atoms. The number of nitro benzene ring substituents is 1. The molecular weight excluding hydrogens is 374 g/mol. The number of carbonyl (C=O) groups is 1. The van der Waals surface area contributed by atoms with Crippen molar-refractivity contribution < 1.29 is 9.72 Å². The van der Waals surface area contributed by atoms with Crippen molar-refractivity contribution in [2.75, 3.05) is 13.1 Å². The molecule has 0 aliphatic carbocycles. The first-order valence-electron chi connectivity index (χ1n) is 8.16. The largest absolute Gasteiger partial charge is 0.348 e. The van der Waals surface area contributed by atoms with Crippen LogP contribution in [0.25, 0.3) is 0 Å². The van der Waals surface area contributed by atoms with Crippen molar-refractivity contribution in [1.82, 2.24) is 10.6 Å². The number of rotatable bonds is 5.